The smallest absolute Gasteiger partial charge is 0.347 e. The topological polar surface area (TPSA) is 58.4 Å². The lowest BCUT2D eigenvalue weighted by Crippen LogP contribution is -2.65. The van der Waals surface area contributed by atoms with Crippen molar-refractivity contribution in [2.24, 2.45) is 0 Å². The lowest BCUT2D eigenvalue weighted by Gasteiger charge is -2.48. The van der Waals surface area contributed by atoms with Crippen LogP contribution in [0.4, 0.5) is 17.6 Å². The van der Waals surface area contributed by atoms with Gasteiger partial charge in [-0.05, 0) is 48.0 Å². The number of likely N-dealkylation sites (N-methyl/N-ethyl adjacent to an activating group) is 1. The van der Waals surface area contributed by atoms with E-state index in [9.17, 15) is 18.0 Å². The average molecular weight is 880 g/mol. The van der Waals surface area contributed by atoms with E-state index in [1.807, 2.05) is 40.9 Å². The lowest BCUT2D eigenvalue weighted by atomic mass is 9.48. The Balaban J connectivity index is 1.76. The molecule has 4 aromatic rings. The third-order valence-electron chi connectivity index (χ3n) is 15.5. The van der Waals surface area contributed by atoms with Gasteiger partial charge in [-0.15, -0.1) is 0 Å². The van der Waals surface area contributed by atoms with Gasteiger partial charge in [0.2, 0.25) is 5.91 Å². The zero-order valence-electron chi connectivity index (χ0n) is 43.0. The van der Waals surface area contributed by atoms with Crippen LogP contribution in [-0.4, -0.2) is 193 Å². The highest BCUT2D eigenvalue weighted by Crippen LogP contribution is 2.38. The van der Waals surface area contributed by atoms with E-state index in [0.717, 1.165) is 80.2 Å². The minimum absolute atomic E-state index is 0.117. The number of amides is 1. The molecular formula is C36H56B18F4N4O2S. The lowest BCUT2D eigenvalue weighted by molar-refractivity contribution is -0.137. The van der Waals surface area contributed by atoms with Gasteiger partial charge in [-0.25, -0.2) is 4.39 Å². The van der Waals surface area contributed by atoms with Gasteiger partial charge in [0, 0.05) is 35.2 Å². The molecule has 1 aliphatic carbocycles. The molecule has 65 heavy (non-hydrogen) atoms. The summed E-state index contributed by atoms with van der Waals surface area (Å²) < 4.78 is 60.0. The molecule has 320 valence electrons. The minimum Gasteiger partial charge on any atom is -0.347 e. The molecule has 3 aromatic carbocycles. The van der Waals surface area contributed by atoms with E-state index in [-0.39, 0.29) is 28.2 Å². The summed E-state index contributed by atoms with van der Waals surface area (Å²) in [4.78, 5) is 39.1. The van der Waals surface area contributed by atoms with Gasteiger partial charge >= 0.3 is 6.18 Å². The van der Waals surface area contributed by atoms with Crippen LogP contribution in [0, 0.1) is 5.82 Å². The molecule has 0 N–H and O–H groups in total. The zero-order chi connectivity index (χ0) is 49.4. The molecule has 0 fully saturated rings. The Hall–Kier alpha value is -2.79. The maximum atomic E-state index is 16.1. The first-order valence-corrected chi connectivity index (χ1v) is 24.1. The van der Waals surface area contributed by atoms with Crippen LogP contribution in [0.2, 0.25) is 0 Å². The third kappa shape index (κ3) is 9.14. The highest BCUT2D eigenvalue weighted by atomic mass is 32.2. The number of hydrogen-bond donors (Lipinski definition) is 0. The number of aromatic nitrogens is 2. The summed E-state index contributed by atoms with van der Waals surface area (Å²) in [6.07, 6.45) is -2.47. The molecule has 0 atom stereocenters. The van der Waals surface area contributed by atoms with Gasteiger partial charge < -0.3 is 14.4 Å². The predicted octanol–water partition coefficient (Wildman–Crippen LogP) is -20.0. The molecular weight excluding hydrogens is 823 g/mol. The number of carbonyl (C=O) groups excluding carboxylic acids is 1. The molecule has 6 nitrogen and oxygen atoms in total. The summed E-state index contributed by atoms with van der Waals surface area (Å²) >= 11 is 1.45. The highest BCUT2D eigenvalue weighted by molar-refractivity contribution is 8.02. The zero-order valence-corrected chi connectivity index (χ0v) is 43.8. The SMILES string of the molecule is Bc1c(B)c(C(B)(B)Sc2nc(=O)c3c(n2C(B)(B)C(=O)N(CCN(CC)CC)C(B)(B)c2c(B)c(B)c(-c4c(B)c(B)c(C(F)(F)F)c(B)c4B)c(B)c2B)CCC3)c(B)c(B)c1F. The van der Waals surface area contributed by atoms with Gasteiger partial charge in [0.25, 0.3) is 5.56 Å². The van der Waals surface area contributed by atoms with Gasteiger partial charge in [-0.1, -0.05) is 102 Å². The fourth-order valence-corrected chi connectivity index (χ4v) is 12.7. The van der Waals surface area contributed by atoms with Crippen molar-refractivity contribution in [1.29, 1.82) is 0 Å². The Kier molecular flexibility index (Phi) is 15.5. The number of alkyl halides is 3. The van der Waals surface area contributed by atoms with Gasteiger partial charge in [-0.2, -0.15) is 18.2 Å². The van der Waals surface area contributed by atoms with Crippen molar-refractivity contribution < 1.29 is 22.4 Å². The second-order valence-corrected chi connectivity index (χ2v) is 21.8. The van der Waals surface area contributed by atoms with Gasteiger partial charge in [-0.3, -0.25) is 9.59 Å². The van der Waals surface area contributed by atoms with Crippen molar-refractivity contribution in [2.75, 3.05) is 26.2 Å². The van der Waals surface area contributed by atoms with Crippen LogP contribution >= 0.6 is 11.8 Å². The highest BCUT2D eigenvalue weighted by Gasteiger charge is 2.45. The Labute approximate surface area is 405 Å². The Morgan fingerprint density at radius 3 is 1.51 bits per heavy atom. The number of fused-ring (bicyclic) bond motifs is 1. The molecule has 5 rings (SSSR count). The van der Waals surface area contributed by atoms with Crippen molar-refractivity contribution in [1.82, 2.24) is 19.4 Å². The van der Waals surface area contributed by atoms with E-state index < -0.39 is 27.0 Å². The van der Waals surface area contributed by atoms with Crippen LogP contribution < -0.4 is 71.1 Å². The number of halogens is 4. The molecule has 1 aliphatic rings. The first kappa shape index (κ1) is 53.2. The normalized spacial score (nSPS) is 13.3. The van der Waals surface area contributed by atoms with E-state index in [0.29, 0.717) is 58.5 Å². The van der Waals surface area contributed by atoms with Crippen molar-refractivity contribution in [3.63, 3.8) is 0 Å². The molecule has 0 saturated carbocycles. The van der Waals surface area contributed by atoms with Crippen LogP contribution in [0.15, 0.2) is 9.95 Å². The molecule has 0 aliphatic heterocycles. The van der Waals surface area contributed by atoms with Crippen molar-refractivity contribution in [2.45, 2.75) is 59.7 Å². The summed E-state index contributed by atoms with van der Waals surface area (Å²) in [6, 6.07) is 0. The number of nitrogens with zero attached hydrogens (tertiary/aromatic N) is 4. The Bertz CT molecular complexity index is 2590. The van der Waals surface area contributed by atoms with Crippen LogP contribution in [0.5, 0.6) is 0 Å². The fourth-order valence-electron chi connectivity index (χ4n) is 11.3. The molecule has 0 saturated heterocycles. The van der Waals surface area contributed by atoms with Crippen molar-refractivity contribution in [3.8, 4) is 11.1 Å². The van der Waals surface area contributed by atoms with E-state index in [1.54, 1.807) is 47.1 Å². The number of carbonyl (C=O) groups is 1. The summed E-state index contributed by atoms with van der Waals surface area (Å²) in [6.45, 7) is 6.91. The van der Waals surface area contributed by atoms with E-state index in [4.69, 9.17) is 4.98 Å². The molecule has 0 radical (unpaired) electrons. The standard InChI is InChI=1S/C36H56B18F4N4O2S/c1-3-60(4-2)8-9-61(33(49,50)14-21(41)17(37)12(18(38)22(14)42)13-19(39)25(45)16(36(56,57)58)26(46)20(13)40)31(64)34(51,52)62-11-7-5-6-10(11)30(63)59-32(62)65-35(53,54)15-23(43)27(47)29(55)28(48)24(15)44/h3-9,37-54H2,1-2H3. The summed E-state index contributed by atoms with van der Waals surface area (Å²) in [5.74, 6) is -0.328. The quantitative estimate of drug-likeness (QED) is 0.0579. The number of rotatable bonds is 13. The molecule has 0 bridgehead atoms. The van der Waals surface area contributed by atoms with Crippen LogP contribution in [0.1, 0.15) is 48.2 Å². The maximum absolute atomic E-state index is 16.1. The van der Waals surface area contributed by atoms with E-state index >= 15 is 9.18 Å². The molecule has 29 heteroatoms. The Morgan fingerprint density at radius 2 is 1.08 bits per heavy atom. The van der Waals surface area contributed by atoms with Crippen molar-refractivity contribution >= 4 is 224 Å². The molecule has 1 heterocycles. The molecule has 0 unspecified atom stereocenters. The predicted molar refractivity (Wildman–Crippen MR) is 320 cm³/mol. The molecule has 1 amide bonds. The van der Waals surface area contributed by atoms with Crippen LogP contribution in [-0.2, 0) is 39.0 Å². The number of thioether (sulfide) groups is 1. The largest absolute Gasteiger partial charge is 0.415 e. The average Bonchev–Trinajstić information content (AvgIpc) is 3.70. The Morgan fingerprint density at radius 1 is 0.646 bits per heavy atom. The summed E-state index contributed by atoms with van der Waals surface area (Å²) in [7, 11) is 34.8. The fraction of sp³-hybridized carbons (Fsp3) is 0.361. The minimum atomic E-state index is -4.47. The van der Waals surface area contributed by atoms with E-state index in [2.05, 4.69) is 81.5 Å². The second kappa shape index (κ2) is 18.9. The summed E-state index contributed by atoms with van der Waals surface area (Å²) in [5.41, 5.74) is 12.9. The van der Waals surface area contributed by atoms with Gasteiger partial charge in [0.05, 0.1) is 5.34 Å². The van der Waals surface area contributed by atoms with Gasteiger partial charge in [0.15, 0.2) is 5.16 Å². The summed E-state index contributed by atoms with van der Waals surface area (Å²) in [5, 5.41) is -1.64. The first-order valence-electron chi connectivity index (χ1n) is 23.3. The van der Waals surface area contributed by atoms with Crippen molar-refractivity contribution in [3.05, 3.63) is 44.1 Å². The second-order valence-electron chi connectivity index (χ2n) is 20.2. The molecule has 0 spiro atoms. The number of hydrogen-bond acceptors (Lipinski definition) is 5. The number of benzene rings is 3. The third-order valence-corrected chi connectivity index (χ3v) is 16.7. The first-order chi connectivity index (χ1) is 29.8. The maximum Gasteiger partial charge on any atom is 0.415 e. The van der Waals surface area contributed by atoms with E-state index in [1.165, 1.54) is 11.8 Å². The molecule has 1 aromatic heterocycles. The van der Waals surface area contributed by atoms with Crippen LogP contribution in [0.3, 0.4) is 0 Å². The monoisotopic (exact) mass is 883 g/mol. The van der Waals surface area contributed by atoms with Crippen LogP contribution in [0.25, 0.3) is 11.1 Å². The van der Waals surface area contributed by atoms with Gasteiger partial charge in [0.1, 0.15) is 147 Å².